The summed E-state index contributed by atoms with van der Waals surface area (Å²) in [7, 11) is 3.38. The highest BCUT2D eigenvalue weighted by Gasteiger charge is 2.32. The second-order valence-electron chi connectivity index (χ2n) is 7.13. The first kappa shape index (κ1) is 16.2. The van der Waals surface area contributed by atoms with E-state index in [2.05, 4.69) is 54.3 Å². The first-order valence-corrected chi connectivity index (χ1v) is 9.30. The molecule has 5 rings (SSSR count). The Balaban J connectivity index is 1.75. The van der Waals surface area contributed by atoms with Gasteiger partial charge in [0.15, 0.2) is 0 Å². The lowest BCUT2D eigenvalue weighted by atomic mass is 10.0. The van der Waals surface area contributed by atoms with Gasteiger partial charge >= 0.3 is 0 Å². The fourth-order valence-corrected chi connectivity index (χ4v) is 4.47. The average molecular weight is 358 g/mol. The number of nitrogens with zero attached hydrogens (tertiary/aromatic N) is 2. The average Bonchev–Trinajstić information content (AvgIpc) is 3.32. The Labute approximate surface area is 159 Å². The van der Waals surface area contributed by atoms with Crippen LogP contribution < -0.4 is 14.4 Å². The molecule has 4 heteroatoms. The number of benzene rings is 2. The molecule has 0 amide bonds. The van der Waals surface area contributed by atoms with Gasteiger partial charge in [-0.05, 0) is 36.1 Å². The van der Waals surface area contributed by atoms with E-state index in [1.54, 1.807) is 14.2 Å². The molecule has 2 aliphatic rings. The van der Waals surface area contributed by atoms with E-state index in [4.69, 9.17) is 14.5 Å². The monoisotopic (exact) mass is 358 g/mol. The van der Waals surface area contributed by atoms with Crippen LogP contribution in [0.15, 0.2) is 42.5 Å². The standard InChI is InChI=1S/C23H22N2O2/c1-14-17-10-11-25(20-9-8-15-6-4-5-7-18(15)20)23(17)19-12-16(26-2)13-21(27-3)22(19)24-14/h4-9,12-13,20H,10-11H2,1-3H3. The summed E-state index contributed by atoms with van der Waals surface area (Å²) in [6, 6.07) is 12.9. The third-order valence-electron chi connectivity index (χ3n) is 5.76. The predicted octanol–water partition coefficient (Wildman–Crippen LogP) is 4.69. The zero-order chi connectivity index (χ0) is 18.5. The molecule has 2 aromatic carbocycles. The summed E-state index contributed by atoms with van der Waals surface area (Å²) in [6.07, 6.45) is 5.55. The predicted molar refractivity (Wildman–Crippen MR) is 109 cm³/mol. The molecule has 0 N–H and O–H groups in total. The number of fused-ring (bicyclic) bond motifs is 4. The minimum absolute atomic E-state index is 0.254. The summed E-state index contributed by atoms with van der Waals surface area (Å²) in [6.45, 7) is 3.09. The third kappa shape index (κ3) is 2.33. The van der Waals surface area contributed by atoms with E-state index < -0.39 is 0 Å². The van der Waals surface area contributed by atoms with Crippen molar-refractivity contribution in [3.63, 3.8) is 0 Å². The number of anilines is 1. The molecule has 1 aliphatic carbocycles. The van der Waals surface area contributed by atoms with Gasteiger partial charge in [-0.2, -0.15) is 0 Å². The smallest absolute Gasteiger partial charge is 0.148 e. The molecule has 4 nitrogen and oxygen atoms in total. The first-order valence-electron chi connectivity index (χ1n) is 9.30. The SMILES string of the molecule is COc1cc(OC)c2nc(C)c3c(c2c1)N(C1C=Cc2ccccc21)CC3. The molecule has 0 radical (unpaired) electrons. The Morgan fingerprint density at radius 2 is 1.96 bits per heavy atom. The van der Waals surface area contributed by atoms with Crippen LogP contribution >= 0.6 is 0 Å². The van der Waals surface area contributed by atoms with E-state index in [0.29, 0.717) is 0 Å². The molecule has 1 aliphatic heterocycles. The van der Waals surface area contributed by atoms with E-state index >= 15 is 0 Å². The molecule has 2 heterocycles. The summed E-state index contributed by atoms with van der Waals surface area (Å²) < 4.78 is 11.2. The van der Waals surface area contributed by atoms with E-state index in [-0.39, 0.29) is 6.04 Å². The van der Waals surface area contributed by atoms with Crippen molar-refractivity contribution in [2.75, 3.05) is 25.7 Å². The van der Waals surface area contributed by atoms with Crippen molar-refractivity contribution >= 4 is 22.7 Å². The second kappa shape index (κ2) is 6.02. The lowest BCUT2D eigenvalue weighted by Crippen LogP contribution is -2.24. The van der Waals surface area contributed by atoms with Crippen LogP contribution in [-0.4, -0.2) is 25.7 Å². The summed E-state index contributed by atoms with van der Waals surface area (Å²) >= 11 is 0. The Hall–Kier alpha value is -3.01. The van der Waals surface area contributed by atoms with Crippen LogP contribution in [0, 0.1) is 6.92 Å². The minimum Gasteiger partial charge on any atom is -0.497 e. The van der Waals surface area contributed by atoms with Crippen LogP contribution in [0.4, 0.5) is 5.69 Å². The van der Waals surface area contributed by atoms with Gasteiger partial charge in [-0.25, -0.2) is 4.98 Å². The molecule has 0 fully saturated rings. The minimum atomic E-state index is 0.254. The van der Waals surface area contributed by atoms with Crippen molar-refractivity contribution in [2.45, 2.75) is 19.4 Å². The summed E-state index contributed by atoms with van der Waals surface area (Å²) in [5.74, 6) is 1.55. The van der Waals surface area contributed by atoms with Crippen molar-refractivity contribution in [1.82, 2.24) is 4.98 Å². The maximum Gasteiger partial charge on any atom is 0.148 e. The number of hydrogen-bond acceptors (Lipinski definition) is 4. The summed E-state index contributed by atoms with van der Waals surface area (Å²) in [4.78, 5) is 7.38. The molecule has 1 atom stereocenters. The van der Waals surface area contributed by atoms with Crippen molar-refractivity contribution in [1.29, 1.82) is 0 Å². The highest BCUT2D eigenvalue weighted by atomic mass is 16.5. The summed E-state index contributed by atoms with van der Waals surface area (Å²) in [5, 5.41) is 1.10. The quantitative estimate of drug-likeness (QED) is 0.680. The van der Waals surface area contributed by atoms with Crippen LogP contribution in [-0.2, 0) is 6.42 Å². The molecular weight excluding hydrogens is 336 g/mol. The van der Waals surface area contributed by atoms with Crippen LogP contribution in [0.3, 0.4) is 0 Å². The number of aryl methyl sites for hydroxylation is 1. The Morgan fingerprint density at radius 1 is 1.11 bits per heavy atom. The van der Waals surface area contributed by atoms with Crippen LogP contribution in [0.25, 0.3) is 17.0 Å². The van der Waals surface area contributed by atoms with Gasteiger partial charge in [0.25, 0.3) is 0 Å². The van der Waals surface area contributed by atoms with Gasteiger partial charge in [0.2, 0.25) is 0 Å². The molecule has 0 saturated heterocycles. The number of aromatic nitrogens is 1. The lowest BCUT2D eigenvalue weighted by Gasteiger charge is -2.28. The lowest BCUT2D eigenvalue weighted by molar-refractivity contribution is 0.397. The molecule has 0 spiro atoms. The molecule has 27 heavy (non-hydrogen) atoms. The van der Waals surface area contributed by atoms with Crippen molar-refractivity contribution in [3.05, 3.63) is 64.9 Å². The van der Waals surface area contributed by atoms with Crippen molar-refractivity contribution in [2.24, 2.45) is 0 Å². The first-order chi connectivity index (χ1) is 13.2. The molecular formula is C23H22N2O2. The van der Waals surface area contributed by atoms with Gasteiger partial charge in [-0.1, -0.05) is 36.4 Å². The van der Waals surface area contributed by atoms with Gasteiger partial charge in [0.1, 0.15) is 17.0 Å². The van der Waals surface area contributed by atoms with E-state index in [1.165, 1.54) is 22.4 Å². The van der Waals surface area contributed by atoms with E-state index in [1.807, 2.05) is 6.07 Å². The highest BCUT2D eigenvalue weighted by Crippen LogP contribution is 2.46. The van der Waals surface area contributed by atoms with Gasteiger partial charge in [0, 0.05) is 23.7 Å². The highest BCUT2D eigenvalue weighted by molar-refractivity contribution is 5.99. The fourth-order valence-electron chi connectivity index (χ4n) is 4.47. The zero-order valence-corrected chi connectivity index (χ0v) is 15.8. The van der Waals surface area contributed by atoms with E-state index in [0.717, 1.165) is 41.1 Å². The third-order valence-corrected chi connectivity index (χ3v) is 5.76. The number of pyridine rings is 1. The fraction of sp³-hybridized carbons (Fsp3) is 0.261. The molecule has 1 unspecified atom stereocenters. The zero-order valence-electron chi connectivity index (χ0n) is 15.8. The number of rotatable bonds is 3. The van der Waals surface area contributed by atoms with Gasteiger partial charge in [0.05, 0.1) is 25.9 Å². The van der Waals surface area contributed by atoms with Crippen LogP contribution in [0.5, 0.6) is 11.5 Å². The van der Waals surface area contributed by atoms with Gasteiger partial charge < -0.3 is 14.4 Å². The number of methoxy groups -OCH3 is 2. The Bertz CT molecular complexity index is 1090. The van der Waals surface area contributed by atoms with Crippen molar-refractivity contribution in [3.8, 4) is 11.5 Å². The normalized spacial score (nSPS) is 17.3. The molecule has 0 saturated carbocycles. The molecule has 3 aromatic rings. The maximum atomic E-state index is 5.63. The number of hydrogen-bond donors (Lipinski definition) is 0. The number of ether oxygens (including phenoxy) is 2. The van der Waals surface area contributed by atoms with Crippen LogP contribution in [0.2, 0.25) is 0 Å². The Morgan fingerprint density at radius 3 is 2.78 bits per heavy atom. The largest absolute Gasteiger partial charge is 0.497 e. The maximum absolute atomic E-state index is 5.63. The summed E-state index contributed by atoms with van der Waals surface area (Å²) in [5.41, 5.74) is 7.25. The van der Waals surface area contributed by atoms with Crippen LogP contribution in [0.1, 0.15) is 28.4 Å². The molecule has 136 valence electrons. The van der Waals surface area contributed by atoms with Crippen molar-refractivity contribution < 1.29 is 9.47 Å². The topological polar surface area (TPSA) is 34.6 Å². The Kier molecular flexibility index (Phi) is 3.61. The van der Waals surface area contributed by atoms with Gasteiger partial charge in [-0.15, -0.1) is 0 Å². The van der Waals surface area contributed by atoms with Gasteiger partial charge in [-0.3, -0.25) is 0 Å². The van der Waals surface area contributed by atoms with E-state index in [9.17, 15) is 0 Å². The molecule has 0 bridgehead atoms. The molecule has 1 aromatic heterocycles. The second-order valence-corrected chi connectivity index (χ2v) is 7.13.